The first kappa shape index (κ1) is 23.8. The van der Waals surface area contributed by atoms with Crippen molar-refractivity contribution in [3.8, 4) is 5.75 Å². The lowest BCUT2D eigenvalue weighted by molar-refractivity contribution is -0.121. The van der Waals surface area contributed by atoms with E-state index < -0.39 is 16.1 Å². The summed E-state index contributed by atoms with van der Waals surface area (Å²) in [6, 6.07) is 11.4. The highest BCUT2D eigenvalue weighted by molar-refractivity contribution is 7.89. The van der Waals surface area contributed by atoms with E-state index in [0.29, 0.717) is 25.4 Å². The number of hydrogen-bond donors (Lipinski definition) is 1. The quantitative estimate of drug-likeness (QED) is 0.646. The third kappa shape index (κ3) is 5.51. The number of sulfonamides is 1. The number of anilines is 1. The topological polar surface area (TPSA) is 79.0 Å². The second kappa shape index (κ2) is 10.2. The van der Waals surface area contributed by atoms with Crippen LogP contribution < -0.4 is 10.1 Å². The minimum absolute atomic E-state index is 0.0759. The molecule has 1 heterocycles. The first-order valence-corrected chi connectivity index (χ1v) is 12.2. The molecule has 3 rings (SSSR count). The first-order chi connectivity index (χ1) is 14.7. The summed E-state index contributed by atoms with van der Waals surface area (Å²) in [7, 11) is -3.82. The Morgan fingerprint density at radius 1 is 1.06 bits per heavy atom. The average molecular weight is 486 g/mol. The van der Waals surface area contributed by atoms with Crippen molar-refractivity contribution in [2.24, 2.45) is 0 Å². The maximum atomic E-state index is 13.0. The number of amides is 1. The highest BCUT2D eigenvalue weighted by atomic mass is 35.5. The molecule has 0 saturated carbocycles. The summed E-state index contributed by atoms with van der Waals surface area (Å²) < 4.78 is 32.8. The molecule has 7 nitrogen and oxygen atoms in total. The van der Waals surface area contributed by atoms with Gasteiger partial charge in [0.05, 0.1) is 22.7 Å². The van der Waals surface area contributed by atoms with E-state index in [1.807, 2.05) is 11.8 Å². The Balaban J connectivity index is 1.60. The summed E-state index contributed by atoms with van der Waals surface area (Å²) in [5, 5.41) is 3.08. The van der Waals surface area contributed by atoms with Crippen LogP contribution in [-0.4, -0.2) is 62.4 Å². The van der Waals surface area contributed by atoms with Crippen LogP contribution in [0, 0.1) is 0 Å². The number of halogens is 2. The third-order valence-electron chi connectivity index (χ3n) is 5.15. The highest BCUT2D eigenvalue weighted by Crippen LogP contribution is 2.32. The molecule has 1 unspecified atom stereocenters. The van der Waals surface area contributed by atoms with Gasteiger partial charge in [-0.3, -0.25) is 9.69 Å². The largest absolute Gasteiger partial charge is 0.494 e. The van der Waals surface area contributed by atoms with Crippen molar-refractivity contribution in [3.63, 3.8) is 0 Å². The Morgan fingerprint density at radius 2 is 1.65 bits per heavy atom. The number of carbonyl (C=O) groups excluding carboxylic acids is 1. The van der Waals surface area contributed by atoms with Gasteiger partial charge < -0.3 is 10.1 Å². The van der Waals surface area contributed by atoms with Crippen LogP contribution in [-0.2, 0) is 14.8 Å². The van der Waals surface area contributed by atoms with E-state index in [4.69, 9.17) is 27.9 Å². The predicted molar refractivity (Wildman–Crippen MR) is 122 cm³/mol. The van der Waals surface area contributed by atoms with Crippen molar-refractivity contribution < 1.29 is 17.9 Å². The monoisotopic (exact) mass is 485 g/mol. The van der Waals surface area contributed by atoms with Crippen LogP contribution in [0.5, 0.6) is 5.75 Å². The zero-order valence-corrected chi connectivity index (χ0v) is 19.7. The number of piperazine rings is 1. The lowest BCUT2D eigenvalue weighted by Crippen LogP contribution is -2.54. The Labute approximate surface area is 192 Å². The summed E-state index contributed by atoms with van der Waals surface area (Å²) >= 11 is 12.2. The molecule has 1 aliphatic heterocycles. The van der Waals surface area contributed by atoms with E-state index >= 15 is 0 Å². The van der Waals surface area contributed by atoms with Gasteiger partial charge in [-0.15, -0.1) is 0 Å². The number of benzene rings is 2. The fourth-order valence-corrected chi connectivity index (χ4v) is 5.92. The molecule has 0 aromatic heterocycles. The van der Waals surface area contributed by atoms with Crippen LogP contribution in [0.2, 0.25) is 10.0 Å². The standard InChI is InChI=1S/C21H25Cl2N3O4S/c1-3-30-17-9-7-16(8-10-17)24-21(27)15(2)25-11-13-26(14-12-25)31(28,29)20-18(22)5-4-6-19(20)23/h4-10,15H,3,11-14H2,1-2H3,(H,24,27). The van der Waals surface area contributed by atoms with Crippen molar-refractivity contribution in [2.75, 3.05) is 38.1 Å². The van der Waals surface area contributed by atoms with Gasteiger partial charge in [-0.1, -0.05) is 29.3 Å². The Bertz CT molecular complexity index is 1000. The lowest BCUT2D eigenvalue weighted by atomic mass is 10.2. The molecule has 0 bridgehead atoms. The summed E-state index contributed by atoms with van der Waals surface area (Å²) in [6.45, 7) is 5.60. The van der Waals surface area contributed by atoms with E-state index in [9.17, 15) is 13.2 Å². The Morgan fingerprint density at radius 3 is 2.19 bits per heavy atom. The van der Waals surface area contributed by atoms with Gasteiger partial charge in [-0.25, -0.2) is 8.42 Å². The number of nitrogens with zero attached hydrogens (tertiary/aromatic N) is 2. The Kier molecular flexibility index (Phi) is 7.82. The van der Waals surface area contributed by atoms with Gasteiger partial charge in [0.1, 0.15) is 10.6 Å². The molecule has 168 valence electrons. The number of nitrogens with one attached hydrogen (secondary N) is 1. The first-order valence-electron chi connectivity index (χ1n) is 9.96. The molecular formula is C21H25Cl2N3O4S. The molecule has 1 aliphatic rings. The summed E-state index contributed by atoms with van der Waals surface area (Å²) in [5.74, 6) is 0.583. The summed E-state index contributed by atoms with van der Waals surface area (Å²) in [6.07, 6.45) is 0. The zero-order valence-electron chi connectivity index (χ0n) is 17.3. The van der Waals surface area contributed by atoms with Gasteiger partial charge in [0.15, 0.2) is 0 Å². The molecule has 0 aliphatic carbocycles. The Hall–Kier alpha value is -1.84. The number of rotatable bonds is 7. The third-order valence-corrected chi connectivity index (χ3v) is 8.00. The minimum Gasteiger partial charge on any atom is -0.494 e. The average Bonchev–Trinajstić information content (AvgIpc) is 2.74. The molecule has 2 aromatic rings. The molecule has 1 fully saturated rings. The van der Waals surface area contributed by atoms with E-state index in [1.54, 1.807) is 37.3 Å². The molecule has 1 atom stereocenters. The van der Waals surface area contributed by atoms with E-state index in [-0.39, 0.29) is 33.9 Å². The minimum atomic E-state index is -3.82. The maximum absolute atomic E-state index is 13.0. The molecule has 31 heavy (non-hydrogen) atoms. The normalized spacial score (nSPS) is 16.6. The smallest absolute Gasteiger partial charge is 0.246 e. The fraction of sp³-hybridized carbons (Fsp3) is 0.381. The van der Waals surface area contributed by atoms with Crippen LogP contribution >= 0.6 is 23.2 Å². The van der Waals surface area contributed by atoms with Crippen molar-refractivity contribution in [3.05, 3.63) is 52.5 Å². The van der Waals surface area contributed by atoms with Gasteiger partial charge in [0, 0.05) is 31.9 Å². The van der Waals surface area contributed by atoms with Crippen LogP contribution in [0.15, 0.2) is 47.4 Å². The van der Waals surface area contributed by atoms with Gasteiger partial charge >= 0.3 is 0 Å². The van der Waals surface area contributed by atoms with Crippen LogP contribution in [0.25, 0.3) is 0 Å². The van der Waals surface area contributed by atoms with E-state index in [1.165, 1.54) is 16.4 Å². The maximum Gasteiger partial charge on any atom is 0.246 e. The van der Waals surface area contributed by atoms with Crippen molar-refractivity contribution in [1.82, 2.24) is 9.21 Å². The molecule has 1 N–H and O–H groups in total. The van der Waals surface area contributed by atoms with Gasteiger partial charge in [0.25, 0.3) is 0 Å². The predicted octanol–water partition coefficient (Wildman–Crippen LogP) is 3.73. The second-order valence-electron chi connectivity index (χ2n) is 7.11. The number of ether oxygens (including phenoxy) is 1. The van der Waals surface area contributed by atoms with Crippen molar-refractivity contribution in [1.29, 1.82) is 0 Å². The number of hydrogen-bond acceptors (Lipinski definition) is 5. The van der Waals surface area contributed by atoms with Gasteiger partial charge in [-0.2, -0.15) is 4.31 Å². The zero-order chi connectivity index (χ0) is 22.6. The van der Waals surface area contributed by atoms with Gasteiger partial charge in [0.2, 0.25) is 15.9 Å². The van der Waals surface area contributed by atoms with E-state index in [0.717, 1.165) is 5.75 Å². The van der Waals surface area contributed by atoms with Crippen LogP contribution in [0.1, 0.15) is 13.8 Å². The van der Waals surface area contributed by atoms with Crippen molar-refractivity contribution in [2.45, 2.75) is 24.8 Å². The summed E-state index contributed by atoms with van der Waals surface area (Å²) in [4.78, 5) is 14.5. The van der Waals surface area contributed by atoms with Crippen LogP contribution in [0.3, 0.4) is 0 Å². The molecular weight excluding hydrogens is 461 g/mol. The molecule has 1 amide bonds. The number of carbonyl (C=O) groups is 1. The molecule has 2 aromatic carbocycles. The van der Waals surface area contributed by atoms with Crippen LogP contribution in [0.4, 0.5) is 5.69 Å². The SMILES string of the molecule is CCOc1ccc(NC(=O)C(C)N2CCN(S(=O)(=O)c3c(Cl)cccc3Cl)CC2)cc1. The molecule has 10 heteroatoms. The lowest BCUT2D eigenvalue weighted by Gasteiger charge is -2.36. The summed E-state index contributed by atoms with van der Waals surface area (Å²) in [5.41, 5.74) is 0.676. The second-order valence-corrected chi connectivity index (χ2v) is 9.80. The molecule has 0 radical (unpaired) electrons. The van der Waals surface area contributed by atoms with Crippen molar-refractivity contribution >= 4 is 44.8 Å². The van der Waals surface area contributed by atoms with E-state index in [2.05, 4.69) is 5.32 Å². The molecule has 0 spiro atoms. The highest BCUT2D eigenvalue weighted by Gasteiger charge is 2.34. The fourth-order valence-electron chi connectivity index (χ4n) is 3.40. The molecule has 1 saturated heterocycles. The van der Waals surface area contributed by atoms with Gasteiger partial charge in [-0.05, 0) is 50.2 Å².